The Morgan fingerprint density at radius 3 is 2.76 bits per heavy atom. The van der Waals surface area contributed by atoms with Crippen molar-refractivity contribution < 1.29 is 9.90 Å². The van der Waals surface area contributed by atoms with Crippen LogP contribution in [-0.4, -0.2) is 21.0 Å². The first kappa shape index (κ1) is 11.7. The summed E-state index contributed by atoms with van der Waals surface area (Å²) in [5.74, 6) is -0.996. The second kappa shape index (κ2) is 4.63. The third kappa shape index (κ3) is 2.34. The van der Waals surface area contributed by atoms with Gasteiger partial charge in [0.1, 0.15) is 0 Å². The fourth-order valence-corrected chi connectivity index (χ4v) is 2.44. The van der Waals surface area contributed by atoms with E-state index in [1.54, 1.807) is 13.1 Å². The van der Waals surface area contributed by atoms with E-state index in [1.165, 1.54) is 11.3 Å². The summed E-state index contributed by atoms with van der Waals surface area (Å²) in [4.78, 5) is 20.0. The molecule has 0 aromatic carbocycles. The van der Waals surface area contributed by atoms with Crippen LogP contribution in [0.25, 0.3) is 10.4 Å². The Kier molecular flexibility index (Phi) is 3.19. The number of aromatic carboxylic acids is 1. The Labute approximate surface area is 103 Å². The van der Waals surface area contributed by atoms with Gasteiger partial charge in [0.05, 0.1) is 9.88 Å². The topological polar surface area (TPSA) is 63.1 Å². The number of aromatic nitrogens is 2. The second-order valence-electron chi connectivity index (χ2n) is 3.61. The monoisotopic (exact) mass is 248 g/mol. The van der Waals surface area contributed by atoms with Gasteiger partial charge in [-0.25, -0.2) is 9.78 Å². The number of carboxylic acid groups (broad SMARTS) is 1. The maximum absolute atomic E-state index is 11.1. The summed E-state index contributed by atoms with van der Waals surface area (Å²) >= 11 is 1.38. The van der Waals surface area contributed by atoms with Crippen molar-refractivity contribution in [3.05, 3.63) is 34.7 Å². The van der Waals surface area contributed by atoms with E-state index in [1.807, 2.05) is 19.1 Å². The average Bonchev–Trinajstić information content (AvgIpc) is 2.72. The number of carbonyl (C=O) groups is 1. The van der Waals surface area contributed by atoms with Crippen LogP contribution >= 0.6 is 11.3 Å². The third-order valence-corrected chi connectivity index (χ3v) is 3.41. The maximum Gasteiger partial charge on any atom is 0.356 e. The minimum atomic E-state index is -0.996. The predicted molar refractivity (Wildman–Crippen MR) is 66.4 cm³/mol. The molecule has 5 heteroatoms. The molecule has 0 bridgehead atoms. The lowest BCUT2D eigenvalue weighted by Gasteiger charge is -2.00. The zero-order valence-electron chi connectivity index (χ0n) is 9.60. The van der Waals surface area contributed by atoms with Gasteiger partial charge in [0, 0.05) is 17.5 Å². The fraction of sp³-hybridized carbons (Fsp3) is 0.250. The first-order valence-electron chi connectivity index (χ1n) is 5.28. The van der Waals surface area contributed by atoms with Crippen LogP contribution < -0.4 is 0 Å². The number of pyridine rings is 1. The Morgan fingerprint density at radius 2 is 2.24 bits per heavy atom. The highest BCUT2D eigenvalue weighted by Gasteiger charge is 2.17. The molecule has 88 valence electrons. The zero-order chi connectivity index (χ0) is 12.4. The largest absolute Gasteiger partial charge is 0.476 e. The molecule has 1 N–H and O–H groups in total. The van der Waals surface area contributed by atoms with Crippen molar-refractivity contribution >= 4 is 17.3 Å². The molecular formula is C12H12N2O2S. The number of hydrogen-bond acceptors (Lipinski definition) is 4. The van der Waals surface area contributed by atoms with Crippen LogP contribution in [0.1, 0.15) is 28.1 Å². The lowest BCUT2D eigenvalue weighted by molar-refractivity contribution is 0.0692. The van der Waals surface area contributed by atoms with Crippen molar-refractivity contribution in [3.63, 3.8) is 0 Å². The van der Waals surface area contributed by atoms with E-state index in [0.717, 1.165) is 22.7 Å². The Bertz CT molecular complexity index is 546. The summed E-state index contributed by atoms with van der Waals surface area (Å²) in [6.07, 6.45) is 2.58. The van der Waals surface area contributed by atoms with Crippen molar-refractivity contribution in [3.8, 4) is 10.4 Å². The molecule has 0 fully saturated rings. The number of aryl methyl sites for hydroxylation is 2. The molecule has 0 aliphatic carbocycles. The van der Waals surface area contributed by atoms with Crippen molar-refractivity contribution in [1.82, 2.24) is 9.97 Å². The first-order chi connectivity index (χ1) is 8.11. The Hall–Kier alpha value is -1.75. The van der Waals surface area contributed by atoms with Gasteiger partial charge >= 0.3 is 5.97 Å². The Balaban J connectivity index is 2.48. The molecule has 0 amide bonds. The minimum absolute atomic E-state index is 0.110. The van der Waals surface area contributed by atoms with Gasteiger partial charge in [0.2, 0.25) is 0 Å². The number of hydrogen-bond donors (Lipinski definition) is 1. The van der Waals surface area contributed by atoms with E-state index in [9.17, 15) is 4.79 Å². The average molecular weight is 248 g/mol. The van der Waals surface area contributed by atoms with Gasteiger partial charge in [-0.1, -0.05) is 13.0 Å². The second-order valence-corrected chi connectivity index (χ2v) is 4.81. The van der Waals surface area contributed by atoms with Gasteiger partial charge in [-0.2, -0.15) is 0 Å². The summed E-state index contributed by atoms with van der Waals surface area (Å²) in [6, 6.07) is 3.81. The van der Waals surface area contributed by atoms with E-state index in [0.29, 0.717) is 4.88 Å². The first-order valence-corrected chi connectivity index (χ1v) is 6.09. The molecule has 0 saturated carbocycles. The van der Waals surface area contributed by atoms with E-state index in [-0.39, 0.29) is 5.69 Å². The minimum Gasteiger partial charge on any atom is -0.476 e. The summed E-state index contributed by atoms with van der Waals surface area (Å²) in [6.45, 7) is 3.83. The van der Waals surface area contributed by atoms with Crippen molar-refractivity contribution in [2.45, 2.75) is 20.3 Å². The maximum atomic E-state index is 11.1. The smallest absolute Gasteiger partial charge is 0.356 e. The van der Waals surface area contributed by atoms with Gasteiger partial charge in [0.15, 0.2) is 5.69 Å². The van der Waals surface area contributed by atoms with Crippen LogP contribution in [0.15, 0.2) is 18.3 Å². The van der Waals surface area contributed by atoms with E-state index >= 15 is 0 Å². The van der Waals surface area contributed by atoms with Crippen LogP contribution in [0, 0.1) is 6.92 Å². The number of rotatable bonds is 3. The highest BCUT2D eigenvalue weighted by atomic mass is 32.1. The van der Waals surface area contributed by atoms with Crippen molar-refractivity contribution in [2.24, 2.45) is 0 Å². The summed E-state index contributed by atoms with van der Waals surface area (Å²) < 4.78 is 0. The summed E-state index contributed by atoms with van der Waals surface area (Å²) in [5, 5.41) is 9.81. The van der Waals surface area contributed by atoms with E-state index < -0.39 is 5.97 Å². The van der Waals surface area contributed by atoms with Crippen LogP contribution in [0.3, 0.4) is 0 Å². The molecule has 0 aliphatic rings. The summed E-state index contributed by atoms with van der Waals surface area (Å²) in [7, 11) is 0. The molecule has 0 aliphatic heterocycles. The molecule has 0 atom stereocenters. The number of carboxylic acids is 1. The fourth-order valence-electron chi connectivity index (χ4n) is 1.54. The van der Waals surface area contributed by atoms with Gasteiger partial charge in [-0.15, -0.1) is 11.3 Å². The van der Waals surface area contributed by atoms with Crippen LogP contribution in [0.4, 0.5) is 0 Å². The Morgan fingerprint density at radius 1 is 1.47 bits per heavy atom. The van der Waals surface area contributed by atoms with Crippen LogP contribution in [-0.2, 0) is 6.42 Å². The lowest BCUT2D eigenvalue weighted by atomic mass is 10.2. The van der Waals surface area contributed by atoms with Crippen LogP contribution in [0.5, 0.6) is 0 Å². The predicted octanol–water partition coefficient (Wildman–Crippen LogP) is 2.77. The molecular weight excluding hydrogens is 236 g/mol. The van der Waals surface area contributed by atoms with Gasteiger partial charge in [-0.05, 0) is 19.4 Å². The van der Waals surface area contributed by atoms with Gasteiger partial charge in [0.25, 0.3) is 0 Å². The molecule has 2 aromatic rings. The molecule has 17 heavy (non-hydrogen) atoms. The van der Waals surface area contributed by atoms with Crippen LogP contribution in [0.2, 0.25) is 0 Å². The van der Waals surface area contributed by atoms with E-state index in [4.69, 9.17) is 5.11 Å². The molecule has 2 heterocycles. The highest BCUT2D eigenvalue weighted by Crippen LogP contribution is 2.29. The molecule has 0 radical (unpaired) electrons. The van der Waals surface area contributed by atoms with E-state index in [2.05, 4.69) is 9.97 Å². The van der Waals surface area contributed by atoms with Gasteiger partial charge in [-0.3, -0.25) is 4.98 Å². The summed E-state index contributed by atoms with van der Waals surface area (Å²) in [5.41, 5.74) is 1.91. The molecule has 0 saturated heterocycles. The number of nitrogens with zero attached hydrogens (tertiary/aromatic N) is 2. The molecule has 0 spiro atoms. The normalized spacial score (nSPS) is 10.5. The highest BCUT2D eigenvalue weighted by molar-refractivity contribution is 7.15. The standard InChI is InChI=1S/C12H12N2O2S/c1-3-9-5-4-8(6-13-9)11-10(12(15)16)14-7(2)17-11/h4-6H,3H2,1-2H3,(H,15,16). The van der Waals surface area contributed by atoms with Crippen molar-refractivity contribution in [1.29, 1.82) is 0 Å². The number of thiazole rings is 1. The van der Waals surface area contributed by atoms with Gasteiger partial charge < -0.3 is 5.11 Å². The third-order valence-electron chi connectivity index (χ3n) is 2.39. The molecule has 2 aromatic heterocycles. The van der Waals surface area contributed by atoms with Crippen molar-refractivity contribution in [2.75, 3.05) is 0 Å². The lowest BCUT2D eigenvalue weighted by Crippen LogP contribution is -1.99. The SMILES string of the molecule is CCc1ccc(-c2sc(C)nc2C(=O)O)cn1. The molecule has 0 unspecified atom stereocenters. The zero-order valence-corrected chi connectivity index (χ0v) is 10.4. The molecule has 2 rings (SSSR count). The quantitative estimate of drug-likeness (QED) is 0.907. The molecule has 4 nitrogen and oxygen atoms in total.